The van der Waals surface area contributed by atoms with Gasteiger partial charge in [-0.1, -0.05) is 6.92 Å². The van der Waals surface area contributed by atoms with Crippen LogP contribution in [0.15, 0.2) is 21.7 Å². The second kappa shape index (κ2) is 8.76. The molecule has 0 fully saturated rings. The maximum atomic E-state index is 5.69. The molecule has 1 aromatic rings. The maximum absolute atomic E-state index is 5.69. The van der Waals surface area contributed by atoms with Crippen LogP contribution in [0.1, 0.15) is 25.8 Å². The Kier molecular flexibility index (Phi) is 7.32. The SMILES string of the molecule is CCCOc1c(Br)cc(/C=N\NC(N)=S)cc1OCC. The van der Waals surface area contributed by atoms with Gasteiger partial charge in [-0.3, -0.25) is 5.43 Å². The molecular weight excluding hydrogens is 342 g/mol. The van der Waals surface area contributed by atoms with E-state index in [-0.39, 0.29) is 5.11 Å². The lowest BCUT2D eigenvalue weighted by atomic mass is 10.2. The zero-order chi connectivity index (χ0) is 15.0. The molecule has 0 amide bonds. The lowest BCUT2D eigenvalue weighted by molar-refractivity contribution is 0.275. The number of rotatable bonds is 7. The van der Waals surface area contributed by atoms with Gasteiger partial charge in [0, 0.05) is 0 Å². The van der Waals surface area contributed by atoms with Crippen LogP contribution in [0, 0.1) is 0 Å². The largest absolute Gasteiger partial charge is 0.490 e. The molecule has 0 spiro atoms. The number of hydrogen-bond acceptors (Lipinski definition) is 4. The van der Waals surface area contributed by atoms with Crippen molar-refractivity contribution in [3.63, 3.8) is 0 Å². The van der Waals surface area contributed by atoms with Gasteiger partial charge in [-0.25, -0.2) is 0 Å². The van der Waals surface area contributed by atoms with E-state index in [1.165, 1.54) is 0 Å². The normalized spacial score (nSPS) is 10.6. The van der Waals surface area contributed by atoms with Gasteiger partial charge < -0.3 is 15.2 Å². The number of nitrogens with zero attached hydrogens (tertiary/aromatic N) is 1. The van der Waals surface area contributed by atoms with Crippen molar-refractivity contribution in [2.24, 2.45) is 10.8 Å². The van der Waals surface area contributed by atoms with Gasteiger partial charge in [0.1, 0.15) is 0 Å². The van der Waals surface area contributed by atoms with Crippen molar-refractivity contribution in [1.29, 1.82) is 0 Å². The van der Waals surface area contributed by atoms with Crippen molar-refractivity contribution in [1.82, 2.24) is 5.43 Å². The van der Waals surface area contributed by atoms with Crippen molar-refractivity contribution >= 4 is 39.5 Å². The first kappa shape index (κ1) is 16.7. The molecule has 0 saturated heterocycles. The first-order valence-corrected chi connectivity index (χ1v) is 7.46. The Morgan fingerprint density at radius 3 is 2.80 bits per heavy atom. The smallest absolute Gasteiger partial charge is 0.184 e. The third-order valence-corrected chi connectivity index (χ3v) is 2.85. The van der Waals surface area contributed by atoms with Gasteiger partial charge >= 0.3 is 0 Å². The quantitative estimate of drug-likeness (QED) is 0.445. The standard InChI is InChI=1S/C13H18BrN3O2S/c1-3-5-19-12-10(14)6-9(7-11(12)18-4-2)8-16-17-13(15)20/h6-8H,3-5H2,1-2H3,(H3,15,17,20)/b16-8-. The third-order valence-electron chi connectivity index (χ3n) is 2.17. The number of thiocarbonyl (C=S) groups is 1. The van der Waals surface area contributed by atoms with Crippen LogP contribution >= 0.6 is 28.1 Å². The Hall–Kier alpha value is -1.34. The molecule has 0 aliphatic carbocycles. The summed E-state index contributed by atoms with van der Waals surface area (Å²) in [4.78, 5) is 0. The fraction of sp³-hybridized carbons (Fsp3) is 0.385. The van der Waals surface area contributed by atoms with E-state index in [2.05, 4.69) is 45.6 Å². The maximum Gasteiger partial charge on any atom is 0.184 e. The third kappa shape index (κ3) is 5.34. The molecule has 0 aliphatic heterocycles. The number of nitrogens with two attached hydrogens (primary N) is 1. The molecule has 1 rings (SSSR count). The summed E-state index contributed by atoms with van der Waals surface area (Å²) in [5.74, 6) is 1.38. The number of ether oxygens (including phenoxy) is 2. The summed E-state index contributed by atoms with van der Waals surface area (Å²) in [6, 6.07) is 3.74. The highest BCUT2D eigenvalue weighted by Crippen LogP contribution is 2.36. The van der Waals surface area contributed by atoms with Crippen molar-refractivity contribution < 1.29 is 9.47 Å². The number of benzene rings is 1. The van der Waals surface area contributed by atoms with Crippen molar-refractivity contribution in [3.05, 3.63) is 22.2 Å². The highest BCUT2D eigenvalue weighted by molar-refractivity contribution is 9.10. The van der Waals surface area contributed by atoms with Crippen LogP contribution in [0.25, 0.3) is 0 Å². The fourth-order valence-corrected chi connectivity index (χ4v) is 2.07. The first-order valence-electron chi connectivity index (χ1n) is 6.26. The van der Waals surface area contributed by atoms with Gasteiger partial charge in [0.25, 0.3) is 0 Å². The van der Waals surface area contributed by atoms with E-state index in [0.29, 0.717) is 24.7 Å². The van der Waals surface area contributed by atoms with Gasteiger partial charge in [-0.2, -0.15) is 5.10 Å². The van der Waals surface area contributed by atoms with E-state index in [9.17, 15) is 0 Å². The Labute approximate surface area is 132 Å². The molecule has 1 aromatic carbocycles. The number of hydrazone groups is 1. The predicted octanol–water partition coefficient (Wildman–Crippen LogP) is 2.80. The Bertz CT molecular complexity index is 495. The highest BCUT2D eigenvalue weighted by atomic mass is 79.9. The number of hydrogen-bond donors (Lipinski definition) is 2. The zero-order valence-electron chi connectivity index (χ0n) is 11.5. The molecule has 3 N–H and O–H groups in total. The molecule has 0 unspecified atom stereocenters. The van der Waals surface area contributed by atoms with E-state index >= 15 is 0 Å². The van der Waals surface area contributed by atoms with Crippen LogP contribution in [0.3, 0.4) is 0 Å². The highest BCUT2D eigenvalue weighted by Gasteiger charge is 2.11. The van der Waals surface area contributed by atoms with Gasteiger partial charge in [-0.15, -0.1) is 0 Å². The minimum atomic E-state index is 0.119. The van der Waals surface area contributed by atoms with Crippen LogP contribution in [-0.2, 0) is 0 Å². The van der Waals surface area contributed by atoms with Crippen LogP contribution < -0.4 is 20.6 Å². The van der Waals surface area contributed by atoms with Gasteiger partial charge in [0.15, 0.2) is 16.6 Å². The summed E-state index contributed by atoms with van der Waals surface area (Å²) < 4.78 is 12.1. The summed E-state index contributed by atoms with van der Waals surface area (Å²) in [6.45, 7) is 5.17. The number of nitrogens with one attached hydrogen (secondary N) is 1. The van der Waals surface area contributed by atoms with Crippen molar-refractivity contribution in [2.45, 2.75) is 20.3 Å². The van der Waals surface area contributed by atoms with Crippen LogP contribution in [0.5, 0.6) is 11.5 Å². The summed E-state index contributed by atoms with van der Waals surface area (Å²) in [5.41, 5.74) is 8.64. The predicted molar refractivity (Wildman–Crippen MR) is 88.6 cm³/mol. The summed E-state index contributed by atoms with van der Waals surface area (Å²) in [7, 11) is 0. The summed E-state index contributed by atoms with van der Waals surface area (Å²) >= 11 is 8.15. The van der Waals surface area contributed by atoms with Crippen molar-refractivity contribution in [2.75, 3.05) is 13.2 Å². The molecule has 5 nitrogen and oxygen atoms in total. The van der Waals surface area contributed by atoms with E-state index < -0.39 is 0 Å². The average molecular weight is 360 g/mol. The molecule has 20 heavy (non-hydrogen) atoms. The van der Waals surface area contributed by atoms with E-state index in [4.69, 9.17) is 15.2 Å². The minimum Gasteiger partial charge on any atom is -0.490 e. The molecule has 0 atom stereocenters. The fourth-order valence-electron chi connectivity index (χ4n) is 1.44. The van der Waals surface area contributed by atoms with Gasteiger partial charge in [-0.05, 0) is 59.2 Å². The molecule has 110 valence electrons. The van der Waals surface area contributed by atoms with E-state index in [0.717, 1.165) is 16.5 Å². The van der Waals surface area contributed by atoms with E-state index in [1.54, 1.807) is 6.21 Å². The van der Waals surface area contributed by atoms with Crippen molar-refractivity contribution in [3.8, 4) is 11.5 Å². The van der Waals surface area contributed by atoms with E-state index in [1.807, 2.05) is 19.1 Å². The molecular formula is C13H18BrN3O2S. The molecule has 0 saturated carbocycles. The first-order chi connectivity index (χ1) is 9.58. The van der Waals surface area contributed by atoms with Crippen LogP contribution in [0.4, 0.5) is 0 Å². The summed E-state index contributed by atoms with van der Waals surface area (Å²) in [5, 5.41) is 4.04. The molecule has 0 bridgehead atoms. The minimum absolute atomic E-state index is 0.119. The molecule has 0 aliphatic rings. The molecule has 7 heteroatoms. The molecule has 0 radical (unpaired) electrons. The monoisotopic (exact) mass is 359 g/mol. The average Bonchev–Trinajstić information content (AvgIpc) is 2.38. The number of halogens is 1. The lowest BCUT2D eigenvalue weighted by Crippen LogP contribution is -2.23. The van der Waals surface area contributed by atoms with Crippen LogP contribution in [-0.4, -0.2) is 24.5 Å². The zero-order valence-corrected chi connectivity index (χ0v) is 13.9. The molecule has 0 aromatic heterocycles. The summed E-state index contributed by atoms with van der Waals surface area (Å²) in [6.07, 6.45) is 2.54. The van der Waals surface area contributed by atoms with Gasteiger partial charge in [0.2, 0.25) is 0 Å². The van der Waals surface area contributed by atoms with Gasteiger partial charge in [0.05, 0.1) is 23.9 Å². The van der Waals surface area contributed by atoms with Crippen LogP contribution in [0.2, 0.25) is 0 Å². The second-order valence-corrected chi connectivity index (χ2v) is 5.14. The Morgan fingerprint density at radius 2 is 2.20 bits per heavy atom. The Balaban J connectivity index is 2.99. The molecule has 0 heterocycles. The second-order valence-electron chi connectivity index (χ2n) is 3.85. The topological polar surface area (TPSA) is 68.9 Å². The lowest BCUT2D eigenvalue weighted by Gasteiger charge is -2.14. The Morgan fingerprint density at radius 1 is 1.45 bits per heavy atom.